The maximum atomic E-state index is 8.81. The van der Waals surface area contributed by atoms with E-state index in [1.807, 2.05) is 78.9 Å². The molecule has 1 aliphatic carbocycles. The fraction of sp³-hybridized carbons (Fsp3) is 0. The summed E-state index contributed by atoms with van der Waals surface area (Å²) in [6, 6.07) is 46.9. The average molecular weight is 618 g/mol. The van der Waals surface area contributed by atoms with Crippen molar-refractivity contribution in [1.82, 2.24) is 19.5 Å². The zero-order valence-corrected chi connectivity index (χ0v) is 25.7. The number of hydrogen-bond acceptors (Lipinski definition) is 6. The second kappa shape index (κ2) is 11.3. The molecule has 0 unspecified atom stereocenters. The summed E-state index contributed by atoms with van der Waals surface area (Å²) in [5.41, 5.74) is 10.6. The molecule has 0 saturated heterocycles. The van der Waals surface area contributed by atoms with Crippen molar-refractivity contribution in [2.24, 2.45) is 5.10 Å². The van der Waals surface area contributed by atoms with Crippen LogP contribution in [0.25, 0.3) is 67.4 Å². The molecular weight excluding hydrogens is 591 g/mol. The molecule has 0 atom stereocenters. The van der Waals surface area contributed by atoms with Gasteiger partial charge in [-0.15, -0.1) is 0 Å². The van der Waals surface area contributed by atoms with Gasteiger partial charge in [-0.25, -0.2) is 4.98 Å². The zero-order valence-electron chi connectivity index (χ0n) is 25.7. The van der Waals surface area contributed by atoms with Gasteiger partial charge in [-0.2, -0.15) is 15.1 Å². The van der Waals surface area contributed by atoms with Crippen molar-refractivity contribution in [3.8, 4) is 28.7 Å². The lowest BCUT2D eigenvalue weighted by atomic mass is 9.88. The fourth-order valence-corrected chi connectivity index (χ4v) is 6.46. The van der Waals surface area contributed by atoms with Gasteiger partial charge in [0.25, 0.3) is 0 Å². The van der Waals surface area contributed by atoms with Crippen molar-refractivity contribution in [2.75, 3.05) is 5.43 Å². The maximum Gasteiger partial charge on any atom is 0.238 e. The van der Waals surface area contributed by atoms with Gasteiger partial charge < -0.3 is 0 Å². The van der Waals surface area contributed by atoms with Crippen LogP contribution >= 0.6 is 0 Å². The van der Waals surface area contributed by atoms with Crippen LogP contribution < -0.4 is 5.43 Å². The number of hydrazone groups is 1. The summed E-state index contributed by atoms with van der Waals surface area (Å²) in [5.74, 6) is 1.69. The highest BCUT2D eigenvalue weighted by Crippen LogP contribution is 2.34. The van der Waals surface area contributed by atoms with E-state index in [0.29, 0.717) is 29.0 Å². The lowest BCUT2D eigenvalue weighted by Crippen LogP contribution is -2.19. The van der Waals surface area contributed by atoms with Crippen molar-refractivity contribution in [3.63, 3.8) is 0 Å². The number of para-hydroxylation sites is 3. The lowest BCUT2D eigenvalue weighted by Gasteiger charge is -2.18. The van der Waals surface area contributed by atoms with Gasteiger partial charge in [0, 0.05) is 27.5 Å². The second-order valence-electron chi connectivity index (χ2n) is 11.7. The molecule has 0 spiro atoms. The average Bonchev–Trinajstić information content (AvgIpc) is 3.49. The predicted molar refractivity (Wildman–Crippen MR) is 196 cm³/mol. The number of nitrogens with zero attached hydrogens (tertiary/aromatic N) is 5. The highest BCUT2D eigenvalue weighted by atomic mass is 15.3. The highest BCUT2D eigenvalue weighted by Gasteiger charge is 2.22. The Morgan fingerprint density at radius 2 is 1.19 bits per heavy atom. The number of allylic oxidation sites excluding steroid dienone is 1. The molecule has 1 aliphatic rings. The molecule has 2 N–H and O–H groups in total. The second-order valence-corrected chi connectivity index (χ2v) is 11.7. The van der Waals surface area contributed by atoms with Crippen molar-refractivity contribution in [2.45, 2.75) is 0 Å². The highest BCUT2D eigenvalue weighted by molar-refractivity contribution is 6.55. The number of benzene rings is 6. The van der Waals surface area contributed by atoms with Crippen molar-refractivity contribution >= 4 is 55.8 Å². The first-order chi connectivity index (χ1) is 23.7. The standard InChI is InChI=1S/C41H27N7/c42-34-24-23-27-21-19-26-20-22-29(25-33(26)37(27)38(34)47-46-30-13-5-2-6-14-30)40-43-39(28-11-3-1-4-12-28)44-41(45-40)48-35-17-9-7-15-31(35)32-16-8-10-18-36(32)48/h1-25,42,46H/b42-34?,47-38+. The Kier molecular flexibility index (Phi) is 6.47. The van der Waals surface area contributed by atoms with E-state index in [1.54, 1.807) is 6.08 Å². The number of rotatable bonds is 5. The summed E-state index contributed by atoms with van der Waals surface area (Å²) in [6.45, 7) is 0. The molecule has 0 aliphatic heterocycles. The Morgan fingerprint density at radius 1 is 0.562 bits per heavy atom. The minimum Gasteiger partial charge on any atom is -0.299 e. The molecule has 6 aromatic carbocycles. The van der Waals surface area contributed by atoms with Gasteiger partial charge in [0.1, 0.15) is 5.71 Å². The molecule has 9 rings (SSSR count). The number of fused-ring (bicyclic) bond motifs is 6. The molecule has 2 aromatic heterocycles. The van der Waals surface area contributed by atoms with Crippen LogP contribution in [0, 0.1) is 5.41 Å². The number of hydrogen-bond donors (Lipinski definition) is 2. The third-order valence-corrected chi connectivity index (χ3v) is 8.74. The zero-order chi connectivity index (χ0) is 32.0. The van der Waals surface area contributed by atoms with Crippen LogP contribution in [0.4, 0.5) is 5.69 Å². The molecule has 0 radical (unpaired) electrons. The monoisotopic (exact) mass is 617 g/mol. The molecular formula is C41H27N7. The lowest BCUT2D eigenvalue weighted by molar-refractivity contribution is 0.953. The van der Waals surface area contributed by atoms with E-state index in [1.165, 1.54) is 0 Å². The Morgan fingerprint density at radius 3 is 1.92 bits per heavy atom. The Balaban J connectivity index is 1.26. The summed E-state index contributed by atoms with van der Waals surface area (Å²) in [4.78, 5) is 15.2. The largest absolute Gasteiger partial charge is 0.299 e. The molecule has 0 bridgehead atoms. The van der Waals surface area contributed by atoms with Gasteiger partial charge >= 0.3 is 0 Å². The Labute approximate surface area is 276 Å². The van der Waals surface area contributed by atoms with Gasteiger partial charge in [-0.05, 0) is 52.7 Å². The van der Waals surface area contributed by atoms with Gasteiger partial charge in [-0.3, -0.25) is 15.4 Å². The number of aromatic nitrogens is 4. The van der Waals surface area contributed by atoms with Crippen LogP contribution in [-0.2, 0) is 0 Å². The van der Waals surface area contributed by atoms with E-state index in [4.69, 9.17) is 25.5 Å². The molecule has 0 saturated carbocycles. The molecule has 7 heteroatoms. The van der Waals surface area contributed by atoms with E-state index in [0.717, 1.165) is 60.5 Å². The Bertz CT molecular complexity index is 2550. The number of nitrogens with one attached hydrogen (secondary N) is 2. The third kappa shape index (κ3) is 4.65. The van der Waals surface area contributed by atoms with Gasteiger partial charge in [0.2, 0.25) is 5.95 Å². The maximum absolute atomic E-state index is 8.81. The van der Waals surface area contributed by atoms with E-state index in [9.17, 15) is 0 Å². The van der Waals surface area contributed by atoms with Gasteiger partial charge in [0.15, 0.2) is 11.6 Å². The number of anilines is 1. The van der Waals surface area contributed by atoms with Gasteiger partial charge in [0.05, 0.1) is 22.4 Å². The van der Waals surface area contributed by atoms with E-state index < -0.39 is 0 Å². The first kappa shape index (κ1) is 27.6. The van der Waals surface area contributed by atoms with Crippen LogP contribution in [0.5, 0.6) is 0 Å². The summed E-state index contributed by atoms with van der Waals surface area (Å²) in [5, 5.41) is 17.8. The summed E-state index contributed by atoms with van der Waals surface area (Å²) in [7, 11) is 0. The molecule has 226 valence electrons. The normalized spacial score (nSPS) is 13.4. The minimum absolute atomic E-state index is 0.337. The molecule has 0 amide bonds. The van der Waals surface area contributed by atoms with Crippen LogP contribution in [0.3, 0.4) is 0 Å². The molecule has 2 heterocycles. The van der Waals surface area contributed by atoms with Crippen LogP contribution in [0.15, 0.2) is 151 Å². The minimum atomic E-state index is 0.337. The van der Waals surface area contributed by atoms with E-state index in [-0.39, 0.29) is 0 Å². The first-order valence-electron chi connectivity index (χ1n) is 15.7. The third-order valence-electron chi connectivity index (χ3n) is 8.74. The summed E-state index contributed by atoms with van der Waals surface area (Å²) < 4.78 is 2.12. The molecule has 8 aromatic rings. The fourth-order valence-electron chi connectivity index (χ4n) is 6.46. The summed E-state index contributed by atoms with van der Waals surface area (Å²) in [6.07, 6.45) is 3.77. The van der Waals surface area contributed by atoms with Crippen molar-refractivity contribution in [1.29, 1.82) is 5.41 Å². The Hall–Kier alpha value is -6.73. The van der Waals surface area contributed by atoms with Crippen LogP contribution in [-0.4, -0.2) is 30.9 Å². The van der Waals surface area contributed by atoms with Crippen LogP contribution in [0.1, 0.15) is 11.1 Å². The smallest absolute Gasteiger partial charge is 0.238 e. The topological polar surface area (TPSA) is 91.8 Å². The molecule has 48 heavy (non-hydrogen) atoms. The predicted octanol–water partition coefficient (Wildman–Crippen LogP) is 9.32. The first-order valence-corrected chi connectivity index (χ1v) is 15.7. The van der Waals surface area contributed by atoms with Crippen molar-refractivity contribution in [3.05, 3.63) is 157 Å². The SMILES string of the molecule is N=C1C=Cc2ccc3ccc(-c4nc(-c5ccccc5)nc(-n5c6ccccc6c6ccccc65)n4)cc3c2/C1=N/Nc1ccccc1. The molecule has 0 fully saturated rings. The quantitative estimate of drug-likeness (QED) is 0.188. The van der Waals surface area contributed by atoms with Crippen molar-refractivity contribution < 1.29 is 0 Å². The van der Waals surface area contributed by atoms with Gasteiger partial charge in [-0.1, -0.05) is 115 Å². The molecule has 7 nitrogen and oxygen atoms in total. The van der Waals surface area contributed by atoms with Crippen LogP contribution in [0.2, 0.25) is 0 Å². The van der Waals surface area contributed by atoms with E-state index >= 15 is 0 Å². The summed E-state index contributed by atoms with van der Waals surface area (Å²) >= 11 is 0. The van der Waals surface area contributed by atoms with E-state index in [2.05, 4.69) is 76.7 Å².